The maximum absolute atomic E-state index is 12.7. The summed E-state index contributed by atoms with van der Waals surface area (Å²) in [6.07, 6.45) is 0. The fourth-order valence-electron chi connectivity index (χ4n) is 2.55. The average molecular weight is 403 g/mol. The molecule has 1 aromatic carbocycles. The summed E-state index contributed by atoms with van der Waals surface area (Å²) in [6.45, 7) is 7.11. The van der Waals surface area contributed by atoms with Gasteiger partial charge in [-0.15, -0.1) is 21.5 Å². The molecule has 0 fully saturated rings. The number of ether oxygens (including phenoxy) is 1. The third kappa shape index (κ3) is 4.51. The first-order valence-electron chi connectivity index (χ1n) is 8.80. The van der Waals surface area contributed by atoms with E-state index in [4.69, 9.17) is 4.74 Å². The first kappa shape index (κ1) is 19.4. The first-order chi connectivity index (χ1) is 13.1. The topological polar surface area (TPSA) is 69.0 Å². The Bertz CT molecular complexity index is 893. The third-order valence-electron chi connectivity index (χ3n) is 3.87. The molecular weight excluding hydrogens is 380 g/mol. The van der Waals surface area contributed by atoms with E-state index < -0.39 is 0 Å². The van der Waals surface area contributed by atoms with Crippen LogP contribution in [0.15, 0.2) is 46.9 Å². The number of hydrogen-bond donors (Lipinski definition) is 1. The lowest BCUT2D eigenvalue weighted by atomic mass is 10.3. The van der Waals surface area contributed by atoms with Crippen LogP contribution in [0.4, 0.5) is 5.69 Å². The number of nitrogens with zero attached hydrogens (tertiary/aromatic N) is 3. The zero-order chi connectivity index (χ0) is 19.2. The molecule has 0 saturated heterocycles. The zero-order valence-electron chi connectivity index (χ0n) is 15.5. The number of carbonyl (C=O) groups is 1. The molecule has 142 valence electrons. The number of rotatable bonds is 8. The number of thiophene rings is 1. The number of nitrogens with one attached hydrogen (secondary N) is 1. The van der Waals surface area contributed by atoms with Crippen LogP contribution in [0.5, 0.6) is 5.75 Å². The second-order valence-electron chi connectivity index (χ2n) is 5.71. The molecule has 1 N–H and O–H groups in total. The summed E-state index contributed by atoms with van der Waals surface area (Å²) in [4.78, 5) is 13.7. The van der Waals surface area contributed by atoms with Crippen LogP contribution < -0.4 is 10.1 Å². The Kier molecular flexibility index (Phi) is 6.52. The number of aromatic nitrogens is 3. The first-order valence-corrected chi connectivity index (χ1v) is 10.6. The summed E-state index contributed by atoms with van der Waals surface area (Å²) in [6, 6.07) is 11.5. The highest BCUT2D eigenvalue weighted by molar-refractivity contribution is 8.00. The van der Waals surface area contributed by atoms with Gasteiger partial charge in [0, 0.05) is 6.54 Å². The molecule has 0 aliphatic heterocycles. The van der Waals surface area contributed by atoms with E-state index in [0.29, 0.717) is 18.0 Å². The van der Waals surface area contributed by atoms with Crippen molar-refractivity contribution in [3.63, 3.8) is 0 Å². The van der Waals surface area contributed by atoms with Gasteiger partial charge < -0.3 is 14.6 Å². The Morgan fingerprint density at radius 1 is 1.26 bits per heavy atom. The summed E-state index contributed by atoms with van der Waals surface area (Å²) in [5.74, 6) is 1.40. The van der Waals surface area contributed by atoms with Gasteiger partial charge in [-0.2, -0.15) is 0 Å². The quantitative estimate of drug-likeness (QED) is 0.560. The van der Waals surface area contributed by atoms with Crippen LogP contribution in [0, 0.1) is 0 Å². The molecule has 0 radical (unpaired) electrons. The predicted molar refractivity (Wildman–Crippen MR) is 111 cm³/mol. The monoisotopic (exact) mass is 402 g/mol. The van der Waals surface area contributed by atoms with E-state index in [1.807, 2.05) is 67.1 Å². The van der Waals surface area contributed by atoms with E-state index in [1.54, 1.807) is 11.3 Å². The highest BCUT2D eigenvalue weighted by atomic mass is 32.2. The molecule has 0 spiro atoms. The standard InChI is InChI=1S/C19H22N4O2S2/c1-4-23-17(16-11-8-12-26-16)21-22-19(23)27-13(3)18(24)20-14-9-6-7-10-15(14)25-5-2/h6-13H,4-5H2,1-3H3,(H,20,24)/t13-/m0/s1. The SMILES string of the molecule is CCOc1ccccc1NC(=O)[C@H](C)Sc1nnc(-c2cccs2)n1CC. The number of amides is 1. The molecule has 0 aliphatic rings. The lowest BCUT2D eigenvalue weighted by Gasteiger charge is -2.15. The van der Waals surface area contributed by atoms with Crippen LogP contribution in [-0.2, 0) is 11.3 Å². The number of hydrogen-bond acceptors (Lipinski definition) is 6. The van der Waals surface area contributed by atoms with Gasteiger partial charge in [-0.3, -0.25) is 4.79 Å². The van der Waals surface area contributed by atoms with Crippen molar-refractivity contribution in [1.82, 2.24) is 14.8 Å². The van der Waals surface area contributed by atoms with Crippen LogP contribution >= 0.6 is 23.1 Å². The molecule has 0 aliphatic carbocycles. The molecule has 0 unspecified atom stereocenters. The Morgan fingerprint density at radius 3 is 2.78 bits per heavy atom. The summed E-state index contributed by atoms with van der Waals surface area (Å²) >= 11 is 3.03. The minimum absolute atomic E-state index is 0.101. The van der Waals surface area contributed by atoms with Gasteiger partial charge in [0.25, 0.3) is 0 Å². The Morgan fingerprint density at radius 2 is 2.07 bits per heavy atom. The van der Waals surface area contributed by atoms with Gasteiger partial charge in [0.05, 0.1) is 22.4 Å². The highest BCUT2D eigenvalue weighted by Gasteiger charge is 2.21. The van der Waals surface area contributed by atoms with Crippen LogP contribution in [0.3, 0.4) is 0 Å². The Balaban J connectivity index is 1.72. The molecule has 8 heteroatoms. The zero-order valence-corrected chi connectivity index (χ0v) is 17.1. The lowest BCUT2D eigenvalue weighted by Crippen LogP contribution is -2.23. The minimum atomic E-state index is -0.328. The van der Waals surface area contributed by atoms with Crippen molar-refractivity contribution in [2.45, 2.75) is 37.7 Å². The number of anilines is 1. The van der Waals surface area contributed by atoms with E-state index in [2.05, 4.69) is 15.5 Å². The minimum Gasteiger partial charge on any atom is -0.492 e. The van der Waals surface area contributed by atoms with Crippen molar-refractivity contribution < 1.29 is 9.53 Å². The Labute approximate surface area is 167 Å². The third-order valence-corrected chi connectivity index (χ3v) is 5.82. The largest absolute Gasteiger partial charge is 0.492 e. The van der Waals surface area contributed by atoms with Crippen LogP contribution in [0.25, 0.3) is 10.7 Å². The van der Waals surface area contributed by atoms with Crippen molar-refractivity contribution in [2.24, 2.45) is 0 Å². The molecule has 0 bridgehead atoms. The van der Waals surface area contributed by atoms with Crippen molar-refractivity contribution in [1.29, 1.82) is 0 Å². The van der Waals surface area contributed by atoms with E-state index in [0.717, 1.165) is 22.4 Å². The van der Waals surface area contributed by atoms with Gasteiger partial charge in [0.15, 0.2) is 11.0 Å². The normalized spacial score (nSPS) is 12.0. The van der Waals surface area contributed by atoms with Gasteiger partial charge in [-0.05, 0) is 44.4 Å². The molecule has 3 rings (SSSR count). The van der Waals surface area contributed by atoms with Gasteiger partial charge in [0.2, 0.25) is 5.91 Å². The number of thioether (sulfide) groups is 1. The van der Waals surface area contributed by atoms with Gasteiger partial charge >= 0.3 is 0 Å². The second kappa shape index (κ2) is 9.05. The van der Waals surface area contributed by atoms with E-state index in [-0.39, 0.29) is 11.2 Å². The molecular formula is C19H22N4O2S2. The molecule has 27 heavy (non-hydrogen) atoms. The average Bonchev–Trinajstić information content (AvgIpc) is 3.32. The number of para-hydroxylation sites is 2. The molecule has 0 saturated carbocycles. The van der Waals surface area contributed by atoms with Crippen molar-refractivity contribution >= 4 is 34.7 Å². The fraction of sp³-hybridized carbons (Fsp3) is 0.316. The van der Waals surface area contributed by atoms with E-state index in [9.17, 15) is 4.79 Å². The van der Waals surface area contributed by atoms with Crippen molar-refractivity contribution in [2.75, 3.05) is 11.9 Å². The molecule has 3 aromatic rings. The summed E-state index contributed by atoms with van der Waals surface area (Å²) in [5.41, 5.74) is 0.674. The van der Waals surface area contributed by atoms with Gasteiger partial charge in [-0.25, -0.2) is 0 Å². The maximum Gasteiger partial charge on any atom is 0.237 e. The number of carbonyl (C=O) groups excluding carboxylic acids is 1. The van der Waals surface area contributed by atoms with Crippen molar-refractivity contribution in [3.8, 4) is 16.5 Å². The summed E-state index contributed by atoms with van der Waals surface area (Å²) in [7, 11) is 0. The molecule has 1 atom stereocenters. The molecule has 6 nitrogen and oxygen atoms in total. The Hall–Kier alpha value is -2.32. The number of benzene rings is 1. The lowest BCUT2D eigenvalue weighted by molar-refractivity contribution is -0.115. The second-order valence-corrected chi connectivity index (χ2v) is 7.96. The smallest absolute Gasteiger partial charge is 0.237 e. The van der Waals surface area contributed by atoms with E-state index in [1.165, 1.54) is 11.8 Å². The summed E-state index contributed by atoms with van der Waals surface area (Å²) < 4.78 is 7.61. The highest BCUT2D eigenvalue weighted by Crippen LogP contribution is 2.30. The van der Waals surface area contributed by atoms with Gasteiger partial charge in [0.1, 0.15) is 5.75 Å². The predicted octanol–water partition coefficient (Wildman–Crippen LogP) is 4.54. The summed E-state index contributed by atoms with van der Waals surface area (Å²) in [5, 5.41) is 14.0. The van der Waals surface area contributed by atoms with E-state index >= 15 is 0 Å². The molecule has 2 heterocycles. The van der Waals surface area contributed by atoms with Crippen LogP contribution in [-0.4, -0.2) is 32.5 Å². The van der Waals surface area contributed by atoms with Crippen molar-refractivity contribution in [3.05, 3.63) is 41.8 Å². The van der Waals surface area contributed by atoms with Crippen LogP contribution in [0.1, 0.15) is 20.8 Å². The maximum atomic E-state index is 12.7. The fourth-order valence-corrected chi connectivity index (χ4v) is 4.18. The van der Waals surface area contributed by atoms with Gasteiger partial charge in [-0.1, -0.05) is 30.0 Å². The van der Waals surface area contributed by atoms with Crippen LogP contribution in [0.2, 0.25) is 0 Å². The molecule has 2 aromatic heterocycles. The molecule has 1 amide bonds.